The maximum Gasteiger partial charge on any atom is 0.323 e. The molecular weight excluding hydrogens is 246 g/mol. The fourth-order valence-corrected chi connectivity index (χ4v) is 1.84. The van der Waals surface area contributed by atoms with Crippen LogP contribution in [0.4, 0.5) is 11.4 Å². The van der Waals surface area contributed by atoms with Crippen LogP contribution in [0.15, 0.2) is 24.3 Å². The van der Waals surface area contributed by atoms with Crippen molar-refractivity contribution in [3.05, 3.63) is 24.3 Å². The standard InChI is InChI=1S/C13H17N3O3/c14-10-3-1-2-4-11(10)16(8-13(18)19)7-12(17)15-9-5-6-9/h1-4,9H,5-8,14H2,(H,15,17)(H,18,19). The van der Waals surface area contributed by atoms with Crippen molar-refractivity contribution in [2.75, 3.05) is 23.7 Å². The molecule has 0 radical (unpaired) electrons. The van der Waals surface area contributed by atoms with Crippen molar-refractivity contribution >= 4 is 23.3 Å². The minimum atomic E-state index is -0.998. The molecule has 0 heterocycles. The SMILES string of the molecule is Nc1ccccc1N(CC(=O)O)CC(=O)NC1CC1. The number of rotatable bonds is 6. The van der Waals surface area contributed by atoms with E-state index in [1.54, 1.807) is 24.3 Å². The topological polar surface area (TPSA) is 95.7 Å². The number of carbonyl (C=O) groups excluding carboxylic acids is 1. The predicted octanol–water partition coefficient (Wildman–Crippen LogP) is 0.438. The van der Waals surface area contributed by atoms with Crippen LogP contribution in [0.1, 0.15) is 12.8 Å². The van der Waals surface area contributed by atoms with Crippen LogP contribution in [0, 0.1) is 0 Å². The smallest absolute Gasteiger partial charge is 0.323 e. The number of anilines is 2. The van der Waals surface area contributed by atoms with Crippen molar-refractivity contribution in [2.24, 2.45) is 0 Å². The Balaban J connectivity index is 2.08. The van der Waals surface area contributed by atoms with Crippen molar-refractivity contribution in [1.82, 2.24) is 5.32 Å². The van der Waals surface area contributed by atoms with Gasteiger partial charge in [0, 0.05) is 6.04 Å². The van der Waals surface area contributed by atoms with Gasteiger partial charge >= 0.3 is 5.97 Å². The van der Waals surface area contributed by atoms with Gasteiger partial charge in [-0.1, -0.05) is 12.1 Å². The first-order chi connectivity index (χ1) is 9.06. The normalized spacial score (nSPS) is 13.9. The highest BCUT2D eigenvalue weighted by Gasteiger charge is 2.25. The zero-order valence-corrected chi connectivity index (χ0v) is 10.5. The number of nitrogen functional groups attached to an aromatic ring is 1. The number of para-hydroxylation sites is 2. The molecule has 1 aromatic rings. The van der Waals surface area contributed by atoms with Crippen LogP contribution >= 0.6 is 0 Å². The number of nitrogens with zero attached hydrogens (tertiary/aromatic N) is 1. The molecule has 0 aromatic heterocycles. The van der Waals surface area contributed by atoms with Crippen LogP contribution in [-0.4, -0.2) is 36.1 Å². The lowest BCUT2D eigenvalue weighted by Crippen LogP contribution is -2.40. The lowest BCUT2D eigenvalue weighted by molar-refractivity contribution is -0.135. The van der Waals surface area contributed by atoms with Gasteiger partial charge in [-0.05, 0) is 25.0 Å². The number of nitrogens with two attached hydrogens (primary N) is 1. The Morgan fingerprint density at radius 3 is 2.58 bits per heavy atom. The Labute approximate surface area is 111 Å². The molecule has 0 unspecified atom stereocenters. The summed E-state index contributed by atoms with van der Waals surface area (Å²) in [5, 5.41) is 11.8. The third kappa shape index (κ3) is 3.87. The molecule has 1 aliphatic carbocycles. The van der Waals surface area contributed by atoms with Crippen molar-refractivity contribution in [1.29, 1.82) is 0 Å². The molecule has 0 spiro atoms. The number of hydrogen-bond acceptors (Lipinski definition) is 4. The molecule has 6 nitrogen and oxygen atoms in total. The van der Waals surface area contributed by atoms with Crippen LogP contribution in [0.25, 0.3) is 0 Å². The number of carboxylic acids is 1. The van der Waals surface area contributed by atoms with Crippen LogP contribution < -0.4 is 16.0 Å². The molecule has 1 saturated carbocycles. The summed E-state index contributed by atoms with van der Waals surface area (Å²) in [6.45, 7) is -0.261. The highest BCUT2D eigenvalue weighted by Crippen LogP contribution is 2.22. The molecule has 0 bridgehead atoms. The Morgan fingerprint density at radius 2 is 2.00 bits per heavy atom. The highest BCUT2D eigenvalue weighted by atomic mass is 16.4. The van der Waals surface area contributed by atoms with E-state index in [9.17, 15) is 9.59 Å². The average Bonchev–Trinajstić information content (AvgIpc) is 3.12. The summed E-state index contributed by atoms with van der Waals surface area (Å²) < 4.78 is 0. The zero-order chi connectivity index (χ0) is 13.8. The van der Waals surface area contributed by atoms with Crippen LogP contribution in [0.2, 0.25) is 0 Å². The first kappa shape index (κ1) is 13.2. The minimum Gasteiger partial charge on any atom is -0.480 e. The van der Waals surface area contributed by atoms with Crippen molar-refractivity contribution in [2.45, 2.75) is 18.9 Å². The van der Waals surface area contributed by atoms with Crippen LogP contribution in [0.5, 0.6) is 0 Å². The fraction of sp³-hybridized carbons (Fsp3) is 0.385. The number of carbonyl (C=O) groups is 2. The van der Waals surface area contributed by atoms with Gasteiger partial charge < -0.3 is 21.1 Å². The second-order valence-electron chi connectivity index (χ2n) is 4.65. The van der Waals surface area contributed by atoms with E-state index < -0.39 is 5.97 Å². The van der Waals surface area contributed by atoms with Gasteiger partial charge in [-0.25, -0.2) is 0 Å². The molecule has 0 aliphatic heterocycles. The van der Waals surface area contributed by atoms with Gasteiger partial charge in [0.2, 0.25) is 5.91 Å². The van der Waals surface area contributed by atoms with Crippen LogP contribution in [0.3, 0.4) is 0 Å². The largest absolute Gasteiger partial charge is 0.480 e. The van der Waals surface area contributed by atoms with E-state index in [2.05, 4.69) is 5.32 Å². The van der Waals surface area contributed by atoms with Crippen LogP contribution in [-0.2, 0) is 9.59 Å². The fourth-order valence-electron chi connectivity index (χ4n) is 1.84. The lowest BCUT2D eigenvalue weighted by Gasteiger charge is -2.23. The molecule has 1 aliphatic rings. The molecule has 0 atom stereocenters. The Bertz CT molecular complexity index is 486. The minimum absolute atomic E-state index is 0.00296. The summed E-state index contributed by atoms with van der Waals surface area (Å²) in [5.74, 6) is -1.17. The number of hydrogen-bond donors (Lipinski definition) is 3. The van der Waals surface area contributed by atoms with Crippen molar-refractivity contribution < 1.29 is 14.7 Å². The summed E-state index contributed by atoms with van der Waals surface area (Å²) >= 11 is 0. The Morgan fingerprint density at radius 1 is 1.32 bits per heavy atom. The van der Waals surface area contributed by atoms with Gasteiger partial charge in [-0.15, -0.1) is 0 Å². The molecule has 1 amide bonds. The van der Waals surface area contributed by atoms with Gasteiger partial charge in [-0.3, -0.25) is 9.59 Å². The maximum absolute atomic E-state index is 11.8. The van der Waals surface area contributed by atoms with E-state index in [1.807, 2.05) is 0 Å². The molecule has 1 aromatic carbocycles. The summed E-state index contributed by atoms with van der Waals surface area (Å²) in [4.78, 5) is 24.1. The molecular formula is C13H17N3O3. The molecule has 102 valence electrons. The molecule has 19 heavy (non-hydrogen) atoms. The van der Waals surface area contributed by atoms with Gasteiger partial charge in [0.15, 0.2) is 0 Å². The maximum atomic E-state index is 11.8. The summed E-state index contributed by atoms with van der Waals surface area (Å²) in [7, 11) is 0. The quantitative estimate of drug-likeness (QED) is 0.647. The first-order valence-corrected chi connectivity index (χ1v) is 6.17. The average molecular weight is 263 g/mol. The second-order valence-corrected chi connectivity index (χ2v) is 4.65. The second kappa shape index (κ2) is 5.60. The van der Waals surface area contributed by atoms with E-state index >= 15 is 0 Å². The van der Waals surface area contributed by atoms with E-state index in [0.717, 1.165) is 12.8 Å². The number of nitrogens with one attached hydrogen (secondary N) is 1. The van der Waals surface area contributed by atoms with Gasteiger partial charge in [-0.2, -0.15) is 0 Å². The summed E-state index contributed by atoms with van der Waals surface area (Å²) in [5.41, 5.74) is 6.85. The molecule has 2 rings (SSSR count). The number of benzene rings is 1. The third-order valence-corrected chi connectivity index (χ3v) is 2.88. The van der Waals surface area contributed by atoms with Crippen molar-refractivity contribution in [3.8, 4) is 0 Å². The van der Waals surface area contributed by atoms with Crippen molar-refractivity contribution in [3.63, 3.8) is 0 Å². The molecule has 6 heteroatoms. The van der Waals surface area contributed by atoms with E-state index in [0.29, 0.717) is 11.4 Å². The number of carboxylic acid groups (broad SMARTS) is 1. The molecule has 1 fully saturated rings. The highest BCUT2D eigenvalue weighted by molar-refractivity contribution is 5.86. The predicted molar refractivity (Wildman–Crippen MR) is 71.9 cm³/mol. The first-order valence-electron chi connectivity index (χ1n) is 6.17. The zero-order valence-electron chi connectivity index (χ0n) is 10.5. The van der Waals surface area contributed by atoms with Gasteiger partial charge in [0.05, 0.1) is 17.9 Å². The lowest BCUT2D eigenvalue weighted by atomic mass is 10.2. The number of aliphatic carboxylic acids is 1. The molecule has 0 saturated heterocycles. The van der Waals surface area contributed by atoms with Gasteiger partial charge in [0.1, 0.15) is 6.54 Å². The monoisotopic (exact) mass is 263 g/mol. The summed E-state index contributed by atoms with van der Waals surface area (Å²) in [6, 6.07) is 7.18. The molecule has 4 N–H and O–H groups in total. The number of amides is 1. The third-order valence-electron chi connectivity index (χ3n) is 2.88. The van der Waals surface area contributed by atoms with E-state index in [-0.39, 0.29) is 25.0 Å². The summed E-state index contributed by atoms with van der Waals surface area (Å²) in [6.07, 6.45) is 2.00. The van der Waals surface area contributed by atoms with Gasteiger partial charge in [0.25, 0.3) is 0 Å². The van der Waals surface area contributed by atoms with E-state index in [4.69, 9.17) is 10.8 Å². The Kier molecular flexibility index (Phi) is 3.89. The Hall–Kier alpha value is -2.24. The van der Waals surface area contributed by atoms with E-state index in [1.165, 1.54) is 4.90 Å².